The lowest BCUT2D eigenvalue weighted by atomic mass is 10.4. The summed E-state index contributed by atoms with van der Waals surface area (Å²) in [6.07, 6.45) is -0.674. The van der Waals surface area contributed by atoms with E-state index in [1.165, 1.54) is 12.0 Å². The summed E-state index contributed by atoms with van der Waals surface area (Å²) in [5, 5.41) is 4.86. The van der Waals surface area contributed by atoms with Crippen LogP contribution in [0, 0.1) is 0 Å². The van der Waals surface area contributed by atoms with Crippen molar-refractivity contribution in [3.05, 3.63) is 0 Å². The molecule has 0 spiro atoms. The van der Waals surface area contributed by atoms with Crippen LogP contribution < -0.4 is 10.6 Å². The quantitative estimate of drug-likeness (QED) is 0.649. The molecular weight excluding hydrogens is 226 g/mol. The van der Waals surface area contributed by atoms with Crippen LogP contribution in [0.1, 0.15) is 13.8 Å². The van der Waals surface area contributed by atoms with Gasteiger partial charge >= 0.3 is 6.09 Å². The molecule has 0 aliphatic heterocycles. The molecule has 0 unspecified atom stereocenters. The molecule has 0 aliphatic carbocycles. The molecule has 0 aromatic heterocycles. The first-order valence-corrected chi connectivity index (χ1v) is 5.41. The van der Waals surface area contributed by atoms with E-state index in [-0.39, 0.29) is 24.9 Å². The fourth-order valence-corrected chi connectivity index (χ4v) is 1.13. The van der Waals surface area contributed by atoms with E-state index in [0.717, 1.165) is 0 Å². The second-order valence-corrected chi connectivity index (χ2v) is 3.21. The summed E-state index contributed by atoms with van der Waals surface area (Å²) in [5.74, 6) is -0.551. The fraction of sp³-hybridized carbons (Fsp3) is 0.700. The lowest BCUT2D eigenvalue weighted by Crippen LogP contribution is -2.45. The van der Waals surface area contributed by atoms with Gasteiger partial charge in [0.15, 0.2) is 0 Å². The lowest BCUT2D eigenvalue weighted by Gasteiger charge is -2.20. The number of likely N-dealkylation sites (N-methyl/N-ethyl adjacent to an activating group) is 2. The van der Waals surface area contributed by atoms with Crippen LogP contribution in [-0.4, -0.2) is 56.1 Å². The van der Waals surface area contributed by atoms with Crippen molar-refractivity contribution < 1.29 is 19.1 Å². The summed E-state index contributed by atoms with van der Waals surface area (Å²) in [4.78, 5) is 35.0. The highest BCUT2D eigenvalue weighted by molar-refractivity contribution is 5.87. The van der Waals surface area contributed by atoms with Crippen molar-refractivity contribution >= 4 is 17.9 Å². The summed E-state index contributed by atoms with van der Waals surface area (Å²) < 4.78 is 4.33. The largest absolute Gasteiger partial charge is 0.453 e. The van der Waals surface area contributed by atoms with Crippen LogP contribution in [0.3, 0.4) is 0 Å². The van der Waals surface area contributed by atoms with Crippen LogP contribution >= 0.6 is 0 Å². The third-order valence-corrected chi connectivity index (χ3v) is 2.01. The van der Waals surface area contributed by atoms with Gasteiger partial charge in [-0.15, -0.1) is 0 Å². The summed E-state index contributed by atoms with van der Waals surface area (Å²) in [5.41, 5.74) is 0. The van der Waals surface area contributed by atoms with Gasteiger partial charge in [-0.1, -0.05) is 0 Å². The van der Waals surface area contributed by atoms with E-state index in [1.807, 2.05) is 0 Å². The molecule has 3 amide bonds. The Morgan fingerprint density at radius 1 is 1.18 bits per heavy atom. The van der Waals surface area contributed by atoms with Crippen molar-refractivity contribution in [2.45, 2.75) is 13.8 Å². The van der Waals surface area contributed by atoms with Gasteiger partial charge in [0.05, 0.1) is 13.7 Å². The number of methoxy groups -OCH3 is 1. The van der Waals surface area contributed by atoms with E-state index in [0.29, 0.717) is 13.1 Å². The number of carbonyl (C=O) groups is 3. The maximum Gasteiger partial charge on any atom is 0.407 e. The Kier molecular flexibility index (Phi) is 7.49. The highest BCUT2D eigenvalue weighted by atomic mass is 16.5. The van der Waals surface area contributed by atoms with Gasteiger partial charge in [0.25, 0.3) is 0 Å². The molecule has 0 aliphatic rings. The Morgan fingerprint density at radius 3 is 2.29 bits per heavy atom. The highest BCUT2D eigenvalue weighted by Crippen LogP contribution is 1.89. The normalized spacial score (nSPS) is 9.35. The SMILES string of the molecule is CCNC(=O)CN(CC)C(=O)CNC(=O)OC. The second-order valence-electron chi connectivity index (χ2n) is 3.21. The predicted octanol–water partition coefficient (Wildman–Crippen LogP) is -0.673. The van der Waals surface area contributed by atoms with Crippen molar-refractivity contribution in [1.82, 2.24) is 15.5 Å². The molecular formula is C10H19N3O4. The molecule has 7 heteroatoms. The van der Waals surface area contributed by atoms with Gasteiger partial charge in [0.2, 0.25) is 11.8 Å². The molecule has 0 heterocycles. The molecule has 98 valence electrons. The molecule has 7 nitrogen and oxygen atoms in total. The summed E-state index contributed by atoms with van der Waals surface area (Å²) in [6.45, 7) is 4.29. The summed E-state index contributed by atoms with van der Waals surface area (Å²) in [7, 11) is 1.21. The zero-order valence-electron chi connectivity index (χ0n) is 10.4. The van der Waals surface area contributed by atoms with Gasteiger partial charge in [-0.25, -0.2) is 4.79 Å². The van der Waals surface area contributed by atoms with Crippen molar-refractivity contribution in [1.29, 1.82) is 0 Å². The number of rotatable bonds is 6. The number of alkyl carbamates (subject to hydrolysis) is 1. The van der Waals surface area contributed by atoms with Crippen LogP contribution in [0.5, 0.6) is 0 Å². The van der Waals surface area contributed by atoms with Crippen LogP contribution in [0.15, 0.2) is 0 Å². The Labute approximate surface area is 100 Å². The number of nitrogens with zero attached hydrogens (tertiary/aromatic N) is 1. The average molecular weight is 245 g/mol. The Morgan fingerprint density at radius 2 is 1.82 bits per heavy atom. The maximum atomic E-state index is 11.6. The highest BCUT2D eigenvalue weighted by Gasteiger charge is 2.15. The van der Waals surface area contributed by atoms with Gasteiger partial charge in [-0.3, -0.25) is 9.59 Å². The monoisotopic (exact) mass is 245 g/mol. The topological polar surface area (TPSA) is 87.7 Å². The van der Waals surface area contributed by atoms with Gasteiger partial charge in [0.1, 0.15) is 6.54 Å². The van der Waals surface area contributed by atoms with Crippen molar-refractivity contribution in [3.63, 3.8) is 0 Å². The number of amides is 3. The van der Waals surface area contributed by atoms with E-state index in [1.54, 1.807) is 13.8 Å². The molecule has 0 bridgehead atoms. The smallest absolute Gasteiger partial charge is 0.407 e. The molecule has 0 saturated carbocycles. The van der Waals surface area contributed by atoms with Gasteiger partial charge < -0.3 is 20.3 Å². The van der Waals surface area contributed by atoms with Crippen LogP contribution in [0.25, 0.3) is 0 Å². The first kappa shape index (κ1) is 15.2. The molecule has 0 atom stereocenters. The van der Waals surface area contributed by atoms with E-state index in [4.69, 9.17) is 0 Å². The predicted molar refractivity (Wildman–Crippen MR) is 61.3 cm³/mol. The Balaban J connectivity index is 4.12. The van der Waals surface area contributed by atoms with E-state index in [2.05, 4.69) is 15.4 Å². The Hall–Kier alpha value is -1.79. The summed E-state index contributed by atoms with van der Waals surface area (Å²) >= 11 is 0. The molecule has 0 aromatic carbocycles. The minimum absolute atomic E-state index is 0.00791. The van der Waals surface area contributed by atoms with E-state index in [9.17, 15) is 14.4 Å². The number of carbonyl (C=O) groups excluding carboxylic acids is 3. The molecule has 0 radical (unpaired) electrons. The molecule has 17 heavy (non-hydrogen) atoms. The van der Waals surface area contributed by atoms with Gasteiger partial charge in [-0.05, 0) is 13.8 Å². The van der Waals surface area contributed by atoms with Crippen molar-refractivity contribution in [2.75, 3.05) is 33.3 Å². The average Bonchev–Trinajstić information content (AvgIpc) is 2.32. The first-order chi connectivity index (χ1) is 8.04. The molecule has 0 rings (SSSR count). The molecule has 2 N–H and O–H groups in total. The Bertz CT molecular complexity index is 281. The number of hydrogen-bond acceptors (Lipinski definition) is 4. The fourth-order valence-electron chi connectivity index (χ4n) is 1.13. The van der Waals surface area contributed by atoms with E-state index >= 15 is 0 Å². The number of ether oxygens (including phenoxy) is 1. The zero-order valence-corrected chi connectivity index (χ0v) is 10.4. The molecule has 0 saturated heterocycles. The van der Waals surface area contributed by atoms with E-state index < -0.39 is 6.09 Å². The minimum atomic E-state index is -0.674. The third-order valence-electron chi connectivity index (χ3n) is 2.01. The standard InChI is InChI=1S/C10H19N3O4/c1-4-11-8(14)7-13(5-2)9(15)6-12-10(16)17-3/h4-7H2,1-3H3,(H,11,14)(H,12,16). The van der Waals surface area contributed by atoms with Gasteiger partial charge in [0, 0.05) is 13.1 Å². The number of nitrogens with one attached hydrogen (secondary N) is 2. The van der Waals surface area contributed by atoms with Crippen LogP contribution in [-0.2, 0) is 14.3 Å². The maximum absolute atomic E-state index is 11.6. The zero-order chi connectivity index (χ0) is 13.3. The van der Waals surface area contributed by atoms with Gasteiger partial charge in [-0.2, -0.15) is 0 Å². The third kappa shape index (κ3) is 6.39. The second kappa shape index (κ2) is 8.37. The van der Waals surface area contributed by atoms with Crippen LogP contribution in [0.4, 0.5) is 4.79 Å². The minimum Gasteiger partial charge on any atom is -0.453 e. The lowest BCUT2D eigenvalue weighted by molar-refractivity contribution is -0.135. The first-order valence-electron chi connectivity index (χ1n) is 5.41. The van der Waals surface area contributed by atoms with Crippen molar-refractivity contribution in [3.8, 4) is 0 Å². The molecule has 0 aromatic rings. The summed E-state index contributed by atoms with van der Waals surface area (Å²) in [6, 6.07) is 0. The molecule has 0 fully saturated rings. The number of hydrogen-bond donors (Lipinski definition) is 2. The van der Waals surface area contributed by atoms with Crippen LogP contribution in [0.2, 0.25) is 0 Å². The van der Waals surface area contributed by atoms with Crippen molar-refractivity contribution in [2.24, 2.45) is 0 Å².